The number of aromatic nitrogens is 3. The second-order valence-corrected chi connectivity index (χ2v) is 5.34. The zero-order valence-corrected chi connectivity index (χ0v) is 11.4. The first-order chi connectivity index (χ1) is 9.16. The summed E-state index contributed by atoms with van der Waals surface area (Å²) in [4.78, 5) is 22.0. The molecule has 7 nitrogen and oxygen atoms in total. The van der Waals surface area contributed by atoms with Crippen LogP contribution in [0.3, 0.4) is 0 Å². The first kappa shape index (κ1) is 13.9. The molecule has 0 unspecified atom stereocenters. The standard InChI is InChI=1S/C11H17N5O2S/c12-8(17)6-13-10(18)7-19-11-15-14-9-4-2-1-3-5-16(9)11/h1-7H2,(H2,12,17)(H,13,18). The van der Waals surface area contributed by atoms with Crippen molar-refractivity contribution >= 4 is 23.6 Å². The predicted molar refractivity (Wildman–Crippen MR) is 70.5 cm³/mol. The SMILES string of the molecule is NC(=O)CNC(=O)CSc1nnc2n1CCCCC2. The largest absolute Gasteiger partial charge is 0.368 e. The number of fused-ring (bicyclic) bond motifs is 1. The second-order valence-electron chi connectivity index (χ2n) is 4.39. The van der Waals surface area contributed by atoms with Crippen LogP contribution in [0.25, 0.3) is 0 Å². The lowest BCUT2D eigenvalue weighted by molar-refractivity contribution is -0.123. The molecule has 0 saturated carbocycles. The normalized spacial score (nSPS) is 14.5. The van der Waals surface area contributed by atoms with Crippen LogP contribution in [0.1, 0.15) is 25.1 Å². The molecule has 0 atom stereocenters. The van der Waals surface area contributed by atoms with Crippen LogP contribution in [-0.2, 0) is 22.6 Å². The summed E-state index contributed by atoms with van der Waals surface area (Å²) in [6.45, 7) is 0.783. The molecule has 0 spiro atoms. The molecule has 1 aliphatic heterocycles. The molecule has 1 aliphatic rings. The molecule has 1 aromatic heterocycles. The van der Waals surface area contributed by atoms with Crippen molar-refractivity contribution in [1.29, 1.82) is 0 Å². The Bertz CT molecular complexity index is 474. The number of nitrogens with two attached hydrogens (primary N) is 1. The van der Waals surface area contributed by atoms with E-state index in [-0.39, 0.29) is 18.2 Å². The van der Waals surface area contributed by atoms with E-state index in [1.807, 2.05) is 0 Å². The molecule has 0 bridgehead atoms. The number of nitrogens with zero attached hydrogens (tertiary/aromatic N) is 3. The van der Waals surface area contributed by atoms with E-state index in [2.05, 4.69) is 20.1 Å². The lowest BCUT2D eigenvalue weighted by atomic mass is 10.2. The van der Waals surface area contributed by atoms with Gasteiger partial charge in [-0.15, -0.1) is 10.2 Å². The summed E-state index contributed by atoms with van der Waals surface area (Å²) in [6, 6.07) is 0. The Hall–Kier alpha value is -1.57. The van der Waals surface area contributed by atoms with Crippen molar-refractivity contribution < 1.29 is 9.59 Å². The van der Waals surface area contributed by atoms with Crippen molar-refractivity contribution in [1.82, 2.24) is 20.1 Å². The minimum Gasteiger partial charge on any atom is -0.368 e. The smallest absolute Gasteiger partial charge is 0.236 e. The average molecular weight is 283 g/mol. The highest BCUT2D eigenvalue weighted by Gasteiger charge is 2.15. The van der Waals surface area contributed by atoms with Crippen molar-refractivity contribution in [2.24, 2.45) is 5.73 Å². The number of rotatable bonds is 5. The van der Waals surface area contributed by atoms with Crippen molar-refractivity contribution in [2.45, 2.75) is 37.4 Å². The molecule has 19 heavy (non-hydrogen) atoms. The van der Waals surface area contributed by atoms with Crippen LogP contribution in [0, 0.1) is 0 Å². The Morgan fingerprint density at radius 3 is 2.95 bits per heavy atom. The minimum atomic E-state index is -0.547. The van der Waals surface area contributed by atoms with Gasteiger partial charge >= 0.3 is 0 Å². The lowest BCUT2D eigenvalue weighted by Crippen LogP contribution is -2.34. The van der Waals surface area contributed by atoms with Crippen LogP contribution in [0.5, 0.6) is 0 Å². The maximum absolute atomic E-state index is 11.5. The van der Waals surface area contributed by atoms with Crippen molar-refractivity contribution in [2.75, 3.05) is 12.3 Å². The molecular formula is C11H17N5O2S. The van der Waals surface area contributed by atoms with E-state index in [9.17, 15) is 9.59 Å². The Morgan fingerprint density at radius 2 is 2.16 bits per heavy atom. The number of primary amides is 1. The summed E-state index contributed by atoms with van der Waals surface area (Å²) in [6.07, 6.45) is 4.41. The van der Waals surface area contributed by atoms with Crippen LogP contribution in [0.2, 0.25) is 0 Å². The van der Waals surface area contributed by atoms with Crippen LogP contribution >= 0.6 is 11.8 Å². The van der Waals surface area contributed by atoms with E-state index in [4.69, 9.17) is 5.73 Å². The highest BCUT2D eigenvalue weighted by Crippen LogP contribution is 2.21. The average Bonchev–Trinajstić information content (AvgIpc) is 2.61. The van der Waals surface area contributed by atoms with E-state index < -0.39 is 5.91 Å². The van der Waals surface area contributed by atoms with Gasteiger partial charge in [0, 0.05) is 13.0 Å². The molecule has 2 rings (SSSR count). The molecule has 0 aliphatic carbocycles. The van der Waals surface area contributed by atoms with E-state index in [1.165, 1.54) is 18.2 Å². The fraction of sp³-hybridized carbons (Fsp3) is 0.636. The van der Waals surface area contributed by atoms with Gasteiger partial charge in [-0.3, -0.25) is 9.59 Å². The summed E-state index contributed by atoms with van der Waals surface area (Å²) in [5, 5.41) is 11.5. The summed E-state index contributed by atoms with van der Waals surface area (Å²) in [5.41, 5.74) is 4.95. The van der Waals surface area contributed by atoms with E-state index in [0.29, 0.717) is 0 Å². The quantitative estimate of drug-likeness (QED) is 0.722. The van der Waals surface area contributed by atoms with Gasteiger partial charge in [0.15, 0.2) is 5.16 Å². The molecular weight excluding hydrogens is 266 g/mol. The fourth-order valence-corrected chi connectivity index (χ4v) is 2.75. The number of hydrogen-bond donors (Lipinski definition) is 2. The van der Waals surface area contributed by atoms with Crippen LogP contribution in [0.4, 0.5) is 0 Å². The van der Waals surface area contributed by atoms with Gasteiger partial charge in [0.25, 0.3) is 0 Å². The van der Waals surface area contributed by atoms with Gasteiger partial charge in [-0.05, 0) is 12.8 Å². The number of amides is 2. The Labute approximate surface area is 115 Å². The number of hydrogen-bond acceptors (Lipinski definition) is 5. The number of aryl methyl sites for hydroxylation is 1. The zero-order chi connectivity index (χ0) is 13.7. The van der Waals surface area contributed by atoms with Gasteiger partial charge in [0.2, 0.25) is 11.8 Å². The topological polar surface area (TPSA) is 103 Å². The molecule has 3 N–H and O–H groups in total. The third-order valence-corrected chi connectivity index (χ3v) is 3.83. The summed E-state index contributed by atoms with van der Waals surface area (Å²) in [7, 11) is 0. The van der Waals surface area contributed by atoms with Crippen molar-refractivity contribution in [3.05, 3.63) is 5.82 Å². The summed E-state index contributed by atoms with van der Waals surface area (Å²) < 4.78 is 2.08. The molecule has 2 amide bonds. The maximum atomic E-state index is 11.5. The van der Waals surface area contributed by atoms with Crippen molar-refractivity contribution in [3.63, 3.8) is 0 Å². The van der Waals surface area contributed by atoms with Crippen LogP contribution in [0.15, 0.2) is 5.16 Å². The Balaban J connectivity index is 1.88. The molecule has 2 heterocycles. The molecule has 8 heteroatoms. The number of thioether (sulfide) groups is 1. The van der Waals surface area contributed by atoms with Gasteiger partial charge < -0.3 is 15.6 Å². The molecule has 0 fully saturated rings. The van der Waals surface area contributed by atoms with Crippen molar-refractivity contribution in [3.8, 4) is 0 Å². The van der Waals surface area contributed by atoms with E-state index in [0.717, 1.165) is 36.8 Å². The van der Waals surface area contributed by atoms with E-state index in [1.54, 1.807) is 0 Å². The van der Waals surface area contributed by atoms with Gasteiger partial charge in [-0.2, -0.15) is 0 Å². The number of carbonyl (C=O) groups excluding carboxylic acids is 2. The van der Waals surface area contributed by atoms with Gasteiger partial charge in [-0.1, -0.05) is 18.2 Å². The van der Waals surface area contributed by atoms with Gasteiger partial charge in [0.1, 0.15) is 5.82 Å². The highest BCUT2D eigenvalue weighted by atomic mass is 32.2. The molecule has 0 saturated heterocycles. The van der Waals surface area contributed by atoms with E-state index >= 15 is 0 Å². The van der Waals surface area contributed by atoms with Gasteiger partial charge in [-0.25, -0.2) is 0 Å². The third kappa shape index (κ3) is 3.95. The highest BCUT2D eigenvalue weighted by molar-refractivity contribution is 7.99. The summed E-state index contributed by atoms with van der Waals surface area (Å²) >= 11 is 1.34. The molecule has 0 aromatic carbocycles. The van der Waals surface area contributed by atoms with Crippen LogP contribution in [-0.4, -0.2) is 38.9 Å². The summed E-state index contributed by atoms with van der Waals surface area (Å²) in [5.74, 6) is 0.438. The molecule has 0 radical (unpaired) electrons. The maximum Gasteiger partial charge on any atom is 0.236 e. The third-order valence-electron chi connectivity index (χ3n) is 2.87. The number of carbonyl (C=O) groups is 2. The lowest BCUT2D eigenvalue weighted by Gasteiger charge is -2.06. The number of nitrogens with one attached hydrogen (secondary N) is 1. The fourth-order valence-electron chi connectivity index (χ4n) is 1.93. The second kappa shape index (κ2) is 6.55. The van der Waals surface area contributed by atoms with Crippen LogP contribution < -0.4 is 11.1 Å². The molecule has 1 aromatic rings. The first-order valence-corrected chi connectivity index (χ1v) is 7.25. The van der Waals surface area contributed by atoms with Gasteiger partial charge in [0.05, 0.1) is 12.3 Å². The first-order valence-electron chi connectivity index (χ1n) is 6.26. The predicted octanol–water partition coefficient (Wildman–Crippen LogP) is -0.302. The zero-order valence-electron chi connectivity index (χ0n) is 10.6. The Morgan fingerprint density at radius 1 is 1.32 bits per heavy atom. The monoisotopic (exact) mass is 283 g/mol. The Kier molecular flexibility index (Phi) is 4.78. The molecule has 104 valence electrons. The minimum absolute atomic E-state index is 0.128.